The Labute approximate surface area is 197 Å². The van der Waals surface area contributed by atoms with E-state index >= 15 is 0 Å². The fourth-order valence-corrected chi connectivity index (χ4v) is 4.58. The van der Waals surface area contributed by atoms with Crippen LogP contribution in [0.5, 0.6) is 0 Å². The normalized spacial score (nSPS) is 12.7. The van der Waals surface area contributed by atoms with Crippen LogP contribution in [0.2, 0.25) is 0 Å². The minimum atomic E-state index is -0.288. The van der Waals surface area contributed by atoms with E-state index < -0.39 is 0 Å². The van der Waals surface area contributed by atoms with Crippen LogP contribution in [0.1, 0.15) is 168 Å². The summed E-state index contributed by atoms with van der Waals surface area (Å²) >= 11 is 0. The maximum atomic E-state index is 9.57. The topological polar surface area (TPSA) is 40.5 Å². The summed E-state index contributed by atoms with van der Waals surface area (Å²) in [6.45, 7) is 4.78. The summed E-state index contributed by atoms with van der Waals surface area (Å²) in [6, 6.07) is 0. The SMILES string of the molecule is CC(C)CCCCCCCCCCCCCCCCCCCCCCCC(O)CCO. The summed E-state index contributed by atoms with van der Waals surface area (Å²) in [6.07, 6.45) is 32.2. The monoisotopic (exact) mass is 440 g/mol. The molecule has 0 saturated carbocycles. The van der Waals surface area contributed by atoms with Crippen molar-refractivity contribution in [1.82, 2.24) is 0 Å². The first-order valence-electron chi connectivity index (χ1n) is 14.5. The highest BCUT2D eigenvalue weighted by atomic mass is 16.3. The van der Waals surface area contributed by atoms with Crippen LogP contribution >= 0.6 is 0 Å². The van der Waals surface area contributed by atoms with Crippen LogP contribution < -0.4 is 0 Å². The van der Waals surface area contributed by atoms with Gasteiger partial charge in [-0.1, -0.05) is 155 Å². The van der Waals surface area contributed by atoms with Crippen molar-refractivity contribution in [3.05, 3.63) is 0 Å². The molecule has 0 heterocycles. The van der Waals surface area contributed by atoms with E-state index in [-0.39, 0.29) is 12.7 Å². The molecule has 0 spiro atoms. The lowest BCUT2D eigenvalue weighted by atomic mass is 10.0. The van der Waals surface area contributed by atoms with Gasteiger partial charge in [-0.25, -0.2) is 0 Å². The van der Waals surface area contributed by atoms with Crippen LogP contribution in [-0.4, -0.2) is 22.9 Å². The van der Waals surface area contributed by atoms with Gasteiger partial charge in [0.15, 0.2) is 0 Å². The predicted molar refractivity (Wildman–Crippen MR) is 139 cm³/mol. The van der Waals surface area contributed by atoms with Gasteiger partial charge in [-0.15, -0.1) is 0 Å². The smallest absolute Gasteiger partial charge is 0.0562 e. The summed E-state index contributed by atoms with van der Waals surface area (Å²) in [7, 11) is 0. The molecule has 0 aliphatic heterocycles. The minimum absolute atomic E-state index is 0.111. The third-order valence-electron chi connectivity index (χ3n) is 6.78. The van der Waals surface area contributed by atoms with E-state index in [9.17, 15) is 5.11 Å². The van der Waals surface area contributed by atoms with Gasteiger partial charge in [0.2, 0.25) is 0 Å². The third-order valence-corrected chi connectivity index (χ3v) is 6.78. The Morgan fingerprint density at radius 2 is 0.645 bits per heavy atom. The van der Waals surface area contributed by atoms with Crippen LogP contribution in [0.4, 0.5) is 0 Å². The Hall–Kier alpha value is -0.0800. The summed E-state index contributed by atoms with van der Waals surface area (Å²) in [5.41, 5.74) is 0. The molecule has 0 rings (SSSR count). The Balaban J connectivity index is 3.04. The second kappa shape index (κ2) is 26.2. The highest BCUT2D eigenvalue weighted by Crippen LogP contribution is 2.16. The maximum Gasteiger partial charge on any atom is 0.0562 e. The fourth-order valence-electron chi connectivity index (χ4n) is 4.58. The molecule has 0 radical (unpaired) electrons. The van der Waals surface area contributed by atoms with Crippen LogP contribution in [0.15, 0.2) is 0 Å². The molecule has 0 saturated heterocycles. The zero-order valence-corrected chi connectivity index (χ0v) is 21.7. The second-order valence-electron chi connectivity index (χ2n) is 10.6. The number of aliphatic hydroxyl groups is 2. The number of aliphatic hydroxyl groups excluding tert-OH is 2. The fraction of sp³-hybridized carbons (Fsp3) is 1.00. The van der Waals surface area contributed by atoms with E-state index in [1.165, 1.54) is 135 Å². The van der Waals surface area contributed by atoms with Gasteiger partial charge in [0, 0.05) is 6.61 Å². The zero-order chi connectivity index (χ0) is 22.8. The summed E-state index contributed by atoms with van der Waals surface area (Å²) in [4.78, 5) is 0. The van der Waals surface area contributed by atoms with Gasteiger partial charge in [-0.2, -0.15) is 0 Å². The Morgan fingerprint density at radius 1 is 0.387 bits per heavy atom. The molecule has 0 fully saturated rings. The van der Waals surface area contributed by atoms with Crippen molar-refractivity contribution >= 4 is 0 Å². The Bertz CT molecular complexity index is 316. The third kappa shape index (κ3) is 27.9. The quantitative estimate of drug-likeness (QED) is 0.131. The average molecular weight is 441 g/mol. The molecular formula is C29H60O2. The molecule has 1 unspecified atom stereocenters. The number of hydrogen-bond acceptors (Lipinski definition) is 2. The molecule has 1 atom stereocenters. The van der Waals surface area contributed by atoms with E-state index in [1.807, 2.05) is 0 Å². The van der Waals surface area contributed by atoms with Gasteiger partial charge in [-0.05, 0) is 18.8 Å². The predicted octanol–water partition coefficient (Wildman–Crippen LogP) is 9.36. The van der Waals surface area contributed by atoms with Gasteiger partial charge in [0.1, 0.15) is 0 Å². The van der Waals surface area contributed by atoms with E-state index in [0.717, 1.165) is 18.8 Å². The van der Waals surface area contributed by atoms with Crippen molar-refractivity contribution in [2.75, 3.05) is 6.61 Å². The molecule has 0 aliphatic carbocycles. The molecule has 0 aromatic rings. The highest BCUT2D eigenvalue weighted by molar-refractivity contribution is 4.56. The molecule has 2 N–H and O–H groups in total. The van der Waals surface area contributed by atoms with Crippen LogP contribution in [-0.2, 0) is 0 Å². The van der Waals surface area contributed by atoms with Gasteiger partial charge >= 0.3 is 0 Å². The average Bonchev–Trinajstić information content (AvgIpc) is 2.74. The lowest BCUT2D eigenvalue weighted by Crippen LogP contribution is -2.08. The Kier molecular flexibility index (Phi) is 26.1. The molecule has 2 nitrogen and oxygen atoms in total. The highest BCUT2D eigenvalue weighted by Gasteiger charge is 2.02. The number of hydrogen-bond donors (Lipinski definition) is 2. The zero-order valence-electron chi connectivity index (χ0n) is 21.7. The Morgan fingerprint density at radius 3 is 0.903 bits per heavy atom. The molecule has 0 aliphatic rings. The number of unbranched alkanes of at least 4 members (excludes halogenated alkanes) is 20. The summed E-state index contributed by atoms with van der Waals surface area (Å²) in [5, 5.41) is 18.3. The van der Waals surface area contributed by atoms with Gasteiger partial charge in [0.05, 0.1) is 6.10 Å². The van der Waals surface area contributed by atoms with E-state index in [0.29, 0.717) is 6.42 Å². The first-order chi connectivity index (χ1) is 15.2. The van der Waals surface area contributed by atoms with Crippen LogP contribution in [0.3, 0.4) is 0 Å². The van der Waals surface area contributed by atoms with Crippen molar-refractivity contribution in [2.24, 2.45) is 5.92 Å². The van der Waals surface area contributed by atoms with Crippen molar-refractivity contribution in [1.29, 1.82) is 0 Å². The molecule has 0 bridgehead atoms. The molecule has 0 amide bonds. The first-order valence-corrected chi connectivity index (χ1v) is 14.5. The van der Waals surface area contributed by atoms with Gasteiger partial charge < -0.3 is 10.2 Å². The van der Waals surface area contributed by atoms with Crippen molar-refractivity contribution in [3.8, 4) is 0 Å². The van der Waals surface area contributed by atoms with Crippen molar-refractivity contribution in [3.63, 3.8) is 0 Å². The van der Waals surface area contributed by atoms with E-state index in [2.05, 4.69) is 13.8 Å². The molecule has 2 heteroatoms. The van der Waals surface area contributed by atoms with Gasteiger partial charge in [-0.3, -0.25) is 0 Å². The lowest BCUT2D eigenvalue weighted by molar-refractivity contribution is 0.122. The molecule has 0 aromatic carbocycles. The minimum Gasteiger partial charge on any atom is -0.396 e. The molecule has 31 heavy (non-hydrogen) atoms. The maximum absolute atomic E-state index is 9.57. The van der Waals surface area contributed by atoms with Gasteiger partial charge in [0.25, 0.3) is 0 Å². The molecule has 188 valence electrons. The standard InChI is InChI=1S/C29H60O2/c1-28(2)24-22-20-18-16-14-12-10-8-6-4-3-5-7-9-11-13-15-17-19-21-23-25-29(31)26-27-30/h28-31H,3-27H2,1-2H3. The number of rotatable bonds is 26. The molecule has 0 aromatic heterocycles. The van der Waals surface area contributed by atoms with Crippen LogP contribution in [0, 0.1) is 5.92 Å². The lowest BCUT2D eigenvalue weighted by Gasteiger charge is -2.08. The van der Waals surface area contributed by atoms with Crippen molar-refractivity contribution < 1.29 is 10.2 Å². The largest absolute Gasteiger partial charge is 0.396 e. The summed E-state index contributed by atoms with van der Waals surface area (Å²) in [5.74, 6) is 0.886. The van der Waals surface area contributed by atoms with E-state index in [4.69, 9.17) is 5.11 Å². The second-order valence-corrected chi connectivity index (χ2v) is 10.6. The summed E-state index contributed by atoms with van der Waals surface area (Å²) < 4.78 is 0. The molecular weight excluding hydrogens is 380 g/mol. The first kappa shape index (κ1) is 30.9. The van der Waals surface area contributed by atoms with Crippen LogP contribution in [0.25, 0.3) is 0 Å². The van der Waals surface area contributed by atoms with E-state index in [1.54, 1.807) is 0 Å². The van der Waals surface area contributed by atoms with Crippen molar-refractivity contribution in [2.45, 2.75) is 174 Å².